The Morgan fingerprint density at radius 1 is 1.10 bits per heavy atom. The summed E-state index contributed by atoms with van der Waals surface area (Å²) < 4.78 is 51.2. The van der Waals surface area contributed by atoms with Crippen molar-refractivity contribution < 1.29 is 27.1 Å². The van der Waals surface area contributed by atoms with Crippen LogP contribution in [0.4, 0.5) is 4.39 Å². The number of nitrogens with zero attached hydrogens (tertiary/aromatic N) is 1. The van der Waals surface area contributed by atoms with E-state index in [1.165, 1.54) is 55.8 Å². The van der Waals surface area contributed by atoms with Gasteiger partial charge in [-0.2, -0.15) is 0 Å². The summed E-state index contributed by atoms with van der Waals surface area (Å²) in [6, 6.07) is 14.3. The summed E-state index contributed by atoms with van der Waals surface area (Å²) in [6.07, 6.45) is 1.48. The summed E-state index contributed by atoms with van der Waals surface area (Å²) in [4.78, 5) is 15.6. The largest absolute Gasteiger partial charge is 0.465 e. The van der Waals surface area contributed by atoms with Crippen LogP contribution in [-0.4, -0.2) is 26.5 Å². The van der Waals surface area contributed by atoms with E-state index in [0.717, 1.165) is 0 Å². The first kappa shape index (κ1) is 20.4. The van der Waals surface area contributed by atoms with Gasteiger partial charge in [0, 0.05) is 24.4 Å². The van der Waals surface area contributed by atoms with E-state index >= 15 is 0 Å². The summed E-state index contributed by atoms with van der Waals surface area (Å²) in [5, 5.41) is 0. The first-order valence-electron chi connectivity index (χ1n) is 8.44. The van der Waals surface area contributed by atoms with Crippen LogP contribution in [0.25, 0.3) is 0 Å². The first-order chi connectivity index (χ1) is 13.9. The Labute approximate surface area is 167 Å². The maximum atomic E-state index is 13.4. The lowest BCUT2D eigenvalue weighted by Crippen LogP contribution is -2.24. The zero-order chi connectivity index (χ0) is 20.9. The molecule has 1 N–H and O–H groups in total. The summed E-state index contributed by atoms with van der Waals surface area (Å²) in [7, 11) is -2.71. The molecule has 0 saturated carbocycles. The fourth-order valence-electron chi connectivity index (χ4n) is 2.46. The highest BCUT2D eigenvalue weighted by Gasteiger charge is 2.18. The number of ether oxygens (including phenoxy) is 2. The van der Waals surface area contributed by atoms with E-state index in [9.17, 15) is 17.6 Å². The standard InChI is InChI=1S/C20H17FN2O5S/c1-27-20(24)14-5-2-9-18(11-14)29(25,26)23-13-15-6-4-10-22-19(15)28-17-8-3-7-16(21)12-17/h2-12,23H,13H2,1H3. The summed E-state index contributed by atoms with van der Waals surface area (Å²) in [5.41, 5.74) is 0.566. The van der Waals surface area contributed by atoms with E-state index in [4.69, 9.17) is 4.74 Å². The molecule has 0 radical (unpaired) electrons. The highest BCUT2D eigenvalue weighted by Crippen LogP contribution is 2.24. The maximum absolute atomic E-state index is 13.4. The normalized spacial score (nSPS) is 11.1. The molecule has 1 heterocycles. The van der Waals surface area contributed by atoms with Gasteiger partial charge in [0.1, 0.15) is 11.6 Å². The van der Waals surface area contributed by atoms with Gasteiger partial charge < -0.3 is 9.47 Å². The van der Waals surface area contributed by atoms with Gasteiger partial charge in [0.05, 0.1) is 17.6 Å². The third kappa shape index (κ3) is 5.15. The van der Waals surface area contributed by atoms with Crippen molar-refractivity contribution in [3.05, 3.63) is 83.8 Å². The number of benzene rings is 2. The number of sulfonamides is 1. The van der Waals surface area contributed by atoms with Gasteiger partial charge >= 0.3 is 5.97 Å². The van der Waals surface area contributed by atoms with Crippen molar-refractivity contribution in [3.8, 4) is 11.6 Å². The molecule has 9 heteroatoms. The van der Waals surface area contributed by atoms with Gasteiger partial charge in [-0.1, -0.05) is 18.2 Å². The van der Waals surface area contributed by atoms with Crippen molar-refractivity contribution in [2.45, 2.75) is 11.4 Å². The summed E-state index contributed by atoms with van der Waals surface area (Å²) >= 11 is 0. The molecule has 0 saturated heterocycles. The van der Waals surface area contributed by atoms with Crippen LogP contribution in [0.3, 0.4) is 0 Å². The van der Waals surface area contributed by atoms with Crippen LogP contribution in [0, 0.1) is 5.82 Å². The number of aromatic nitrogens is 1. The second kappa shape index (κ2) is 8.80. The molecule has 0 amide bonds. The molecule has 0 fully saturated rings. The van der Waals surface area contributed by atoms with E-state index in [1.807, 2.05) is 0 Å². The third-order valence-electron chi connectivity index (χ3n) is 3.88. The van der Waals surface area contributed by atoms with Crippen LogP contribution in [-0.2, 0) is 21.3 Å². The third-order valence-corrected chi connectivity index (χ3v) is 5.28. The molecule has 7 nitrogen and oxygen atoms in total. The highest BCUT2D eigenvalue weighted by molar-refractivity contribution is 7.89. The quantitative estimate of drug-likeness (QED) is 0.594. The zero-order valence-electron chi connectivity index (χ0n) is 15.3. The van der Waals surface area contributed by atoms with E-state index in [-0.39, 0.29) is 28.6 Å². The highest BCUT2D eigenvalue weighted by atomic mass is 32.2. The number of hydrogen-bond acceptors (Lipinski definition) is 6. The molecule has 0 aliphatic carbocycles. The molecule has 1 aromatic heterocycles. The van der Waals surface area contributed by atoms with Crippen LogP contribution in [0.5, 0.6) is 11.6 Å². The van der Waals surface area contributed by atoms with Gasteiger partial charge in [-0.3, -0.25) is 0 Å². The predicted octanol–water partition coefficient (Wildman–Crippen LogP) is 3.28. The number of carbonyl (C=O) groups is 1. The average Bonchev–Trinajstić information content (AvgIpc) is 2.73. The molecule has 0 atom stereocenters. The Morgan fingerprint density at radius 3 is 2.66 bits per heavy atom. The fraction of sp³-hybridized carbons (Fsp3) is 0.100. The lowest BCUT2D eigenvalue weighted by atomic mass is 10.2. The monoisotopic (exact) mass is 416 g/mol. The molecular weight excluding hydrogens is 399 g/mol. The molecule has 0 bridgehead atoms. The molecule has 2 aromatic carbocycles. The van der Waals surface area contributed by atoms with Gasteiger partial charge in [-0.15, -0.1) is 0 Å². The molecule has 0 aliphatic rings. The van der Waals surface area contributed by atoms with Crippen molar-refractivity contribution in [2.24, 2.45) is 0 Å². The second-order valence-corrected chi connectivity index (χ2v) is 7.64. The molecule has 29 heavy (non-hydrogen) atoms. The number of carbonyl (C=O) groups excluding carboxylic acids is 1. The van der Waals surface area contributed by atoms with Gasteiger partial charge in [-0.05, 0) is 36.4 Å². The van der Waals surface area contributed by atoms with Crippen molar-refractivity contribution in [3.63, 3.8) is 0 Å². The van der Waals surface area contributed by atoms with Crippen molar-refractivity contribution in [2.75, 3.05) is 7.11 Å². The first-order valence-corrected chi connectivity index (χ1v) is 9.93. The smallest absolute Gasteiger partial charge is 0.337 e. The summed E-state index contributed by atoms with van der Waals surface area (Å²) in [6.45, 7) is -0.122. The molecule has 0 spiro atoms. The average molecular weight is 416 g/mol. The number of nitrogens with one attached hydrogen (secondary N) is 1. The number of pyridine rings is 1. The molecular formula is C20H17FN2O5S. The van der Waals surface area contributed by atoms with Crippen molar-refractivity contribution >= 4 is 16.0 Å². The van der Waals surface area contributed by atoms with Crippen LogP contribution in [0.2, 0.25) is 0 Å². The second-order valence-electron chi connectivity index (χ2n) is 5.87. The number of hydrogen-bond donors (Lipinski definition) is 1. The number of methoxy groups -OCH3 is 1. The molecule has 0 aliphatic heterocycles. The maximum Gasteiger partial charge on any atom is 0.337 e. The Morgan fingerprint density at radius 2 is 1.90 bits per heavy atom. The van der Waals surface area contributed by atoms with Crippen molar-refractivity contribution in [1.82, 2.24) is 9.71 Å². The minimum absolute atomic E-state index is 0.0862. The number of esters is 1. The van der Waals surface area contributed by atoms with Crippen LogP contribution < -0.4 is 9.46 Å². The fourth-order valence-corrected chi connectivity index (χ4v) is 3.51. The van der Waals surface area contributed by atoms with Gasteiger partial charge in [0.25, 0.3) is 0 Å². The molecule has 3 aromatic rings. The van der Waals surface area contributed by atoms with Crippen LogP contribution in [0.1, 0.15) is 15.9 Å². The van der Waals surface area contributed by atoms with E-state index in [0.29, 0.717) is 5.56 Å². The molecule has 0 unspecified atom stereocenters. The van der Waals surface area contributed by atoms with Gasteiger partial charge in [-0.25, -0.2) is 27.3 Å². The van der Waals surface area contributed by atoms with Gasteiger partial charge in [0.2, 0.25) is 15.9 Å². The Bertz CT molecular complexity index is 1130. The van der Waals surface area contributed by atoms with Gasteiger partial charge in [0.15, 0.2) is 0 Å². The number of halogens is 1. The van der Waals surface area contributed by atoms with Crippen LogP contribution >= 0.6 is 0 Å². The summed E-state index contributed by atoms with van der Waals surface area (Å²) in [5.74, 6) is -0.728. The lowest BCUT2D eigenvalue weighted by molar-refractivity contribution is 0.0600. The van der Waals surface area contributed by atoms with E-state index < -0.39 is 21.8 Å². The minimum atomic E-state index is -3.92. The van der Waals surface area contributed by atoms with Crippen molar-refractivity contribution in [1.29, 1.82) is 0 Å². The Hall–Kier alpha value is -3.30. The van der Waals surface area contributed by atoms with E-state index in [2.05, 4.69) is 14.4 Å². The topological polar surface area (TPSA) is 94.6 Å². The molecule has 150 valence electrons. The Balaban J connectivity index is 1.78. The number of rotatable bonds is 7. The zero-order valence-corrected chi connectivity index (χ0v) is 16.1. The lowest BCUT2D eigenvalue weighted by Gasteiger charge is -2.11. The SMILES string of the molecule is COC(=O)c1cccc(S(=O)(=O)NCc2cccnc2Oc2cccc(F)c2)c1. The molecule has 3 rings (SSSR count). The van der Waals surface area contributed by atoms with E-state index in [1.54, 1.807) is 18.2 Å². The predicted molar refractivity (Wildman–Crippen MR) is 103 cm³/mol. The minimum Gasteiger partial charge on any atom is -0.465 e. The Kier molecular flexibility index (Phi) is 6.20. The van der Waals surface area contributed by atoms with Crippen LogP contribution in [0.15, 0.2) is 71.8 Å².